The zero-order chi connectivity index (χ0) is 12.3. The van der Waals surface area contributed by atoms with Gasteiger partial charge in [0.15, 0.2) is 0 Å². The minimum Gasteiger partial charge on any atom is -0.345 e. The number of hydrogen-bond acceptors (Lipinski definition) is 2. The molecule has 0 aromatic rings. The molecule has 16 heavy (non-hydrogen) atoms. The lowest BCUT2D eigenvalue weighted by Gasteiger charge is -2.38. The Morgan fingerprint density at radius 3 is 2.50 bits per heavy atom. The van der Waals surface area contributed by atoms with E-state index in [2.05, 4.69) is 19.2 Å². The van der Waals surface area contributed by atoms with Crippen molar-refractivity contribution < 1.29 is 9.59 Å². The Bertz CT molecular complexity index is 276. The van der Waals surface area contributed by atoms with Crippen molar-refractivity contribution in [2.45, 2.75) is 40.2 Å². The van der Waals surface area contributed by atoms with Crippen molar-refractivity contribution in [3.63, 3.8) is 0 Å². The molecule has 4 heteroatoms. The molecule has 0 bridgehead atoms. The Balaban J connectivity index is 2.85. The summed E-state index contributed by atoms with van der Waals surface area (Å²) < 4.78 is 0. The molecule has 0 radical (unpaired) electrons. The molecule has 2 atom stereocenters. The van der Waals surface area contributed by atoms with Crippen LogP contribution in [0.1, 0.15) is 34.1 Å². The first-order valence-corrected chi connectivity index (χ1v) is 6.04. The van der Waals surface area contributed by atoms with Crippen LogP contribution in [0.15, 0.2) is 0 Å². The Morgan fingerprint density at radius 1 is 1.38 bits per heavy atom. The molecule has 1 aliphatic heterocycles. The van der Waals surface area contributed by atoms with Gasteiger partial charge in [0.05, 0.1) is 6.54 Å². The van der Waals surface area contributed by atoms with Crippen molar-refractivity contribution in [3.05, 3.63) is 0 Å². The lowest BCUT2D eigenvalue weighted by molar-refractivity contribution is -0.148. The summed E-state index contributed by atoms with van der Waals surface area (Å²) in [6, 6.07) is -0.284. The molecule has 2 unspecified atom stereocenters. The van der Waals surface area contributed by atoms with E-state index in [1.165, 1.54) is 0 Å². The number of nitrogens with one attached hydrogen (secondary N) is 1. The molecule has 4 nitrogen and oxygen atoms in total. The largest absolute Gasteiger partial charge is 0.345 e. The Morgan fingerprint density at radius 2 is 2.00 bits per heavy atom. The molecule has 0 aromatic heterocycles. The minimum absolute atomic E-state index is 0.00500. The fourth-order valence-corrected chi connectivity index (χ4v) is 2.06. The number of carbonyl (C=O) groups is 2. The Labute approximate surface area is 97.4 Å². The zero-order valence-corrected chi connectivity index (χ0v) is 10.6. The van der Waals surface area contributed by atoms with E-state index in [9.17, 15) is 9.59 Å². The van der Waals surface area contributed by atoms with Gasteiger partial charge in [0, 0.05) is 6.54 Å². The van der Waals surface area contributed by atoms with Crippen LogP contribution in [-0.4, -0.2) is 35.8 Å². The molecular weight excluding hydrogens is 204 g/mol. The van der Waals surface area contributed by atoms with E-state index in [0.29, 0.717) is 12.5 Å². The number of nitrogens with zero attached hydrogens (tertiary/aromatic N) is 1. The van der Waals surface area contributed by atoms with E-state index >= 15 is 0 Å². The van der Waals surface area contributed by atoms with Crippen molar-refractivity contribution in [3.8, 4) is 0 Å². The summed E-state index contributed by atoms with van der Waals surface area (Å²) in [6.45, 7) is 9.02. The lowest BCUT2D eigenvalue weighted by Crippen LogP contribution is -2.61. The van der Waals surface area contributed by atoms with Crippen LogP contribution in [0.2, 0.25) is 0 Å². The van der Waals surface area contributed by atoms with Crippen LogP contribution in [0, 0.1) is 11.8 Å². The summed E-state index contributed by atoms with van der Waals surface area (Å²) in [4.78, 5) is 25.4. The third-order valence-electron chi connectivity index (χ3n) is 3.08. The van der Waals surface area contributed by atoms with Crippen molar-refractivity contribution in [2.24, 2.45) is 11.8 Å². The van der Waals surface area contributed by atoms with Crippen LogP contribution >= 0.6 is 0 Å². The average molecular weight is 226 g/mol. The van der Waals surface area contributed by atoms with Gasteiger partial charge < -0.3 is 10.2 Å². The van der Waals surface area contributed by atoms with Crippen LogP contribution in [0.3, 0.4) is 0 Å². The van der Waals surface area contributed by atoms with Crippen molar-refractivity contribution in [2.75, 3.05) is 13.1 Å². The van der Waals surface area contributed by atoms with Gasteiger partial charge in [-0.2, -0.15) is 0 Å². The Kier molecular flexibility index (Phi) is 4.33. The smallest absolute Gasteiger partial charge is 0.243 e. The normalized spacial score (nSPS) is 23.6. The summed E-state index contributed by atoms with van der Waals surface area (Å²) in [5.74, 6) is 0.637. The fraction of sp³-hybridized carbons (Fsp3) is 0.833. The van der Waals surface area contributed by atoms with E-state index in [1.54, 1.807) is 4.90 Å². The predicted molar refractivity (Wildman–Crippen MR) is 62.8 cm³/mol. The molecule has 0 saturated carbocycles. The molecule has 2 amide bonds. The highest BCUT2D eigenvalue weighted by atomic mass is 16.2. The van der Waals surface area contributed by atoms with Crippen LogP contribution in [0.4, 0.5) is 0 Å². The second kappa shape index (κ2) is 5.32. The molecule has 92 valence electrons. The topological polar surface area (TPSA) is 49.4 Å². The maximum Gasteiger partial charge on any atom is 0.243 e. The summed E-state index contributed by atoms with van der Waals surface area (Å²) in [5.41, 5.74) is 0. The number of carbonyl (C=O) groups excluding carboxylic acids is 2. The van der Waals surface area contributed by atoms with Gasteiger partial charge in [0.25, 0.3) is 0 Å². The van der Waals surface area contributed by atoms with Crippen LogP contribution in [0.5, 0.6) is 0 Å². The summed E-state index contributed by atoms with van der Waals surface area (Å²) >= 11 is 0. The predicted octanol–water partition coefficient (Wildman–Crippen LogP) is 1.02. The maximum atomic E-state index is 11.8. The van der Waals surface area contributed by atoms with E-state index in [-0.39, 0.29) is 30.3 Å². The zero-order valence-electron chi connectivity index (χ0n) is 10.6. The van der Waals surface area contributed by atoms with Gasteiger partial charge in [-0.05, 0) is 11.8 Å². The molecule has 1 N–H and O–H groups in total. The second-order valence-electron chi connectivity index (χ2n) is 4.99. The van der Waals surface area contributed by atoms with Crippen molar-refractivity contribution >= 4 is 11.8 Å². The summed E-state index contributed by atoms with van der Waals surface area (Å²) in [5, 5.41) is 2.67. The Hall–Kier alpha value is -1.06. The standard InChI is InChI=1S/C12H22N2O2/c1-5-9(4)11-12(16)13-6-10(15)14(11)7-8(2)3/h8-9,11H,5-7H2,1-4H3,(H,13,16). The average Bonchev–Trinajstić information content (AvgIpc) is 2.22. The molecule has 1 saturated heterocycles. The molecular formula is C12H22N2O2. The highest BCUT2D eigenvalue weighted by Crippen LogP contribution is 2.19. The van der Waals surface area contributed by atoms with Gasteiger partial charge in [0.1, 0.15) is 6.04 Å². The summed E-state index contributed by atoms with van der Waals surface area (Å²) in [7, 11) is 0. The third-order valence-corrected chi connectivity index (χ3v) is 3.08. The van der Waals surface area contributed by atoms with E-state index in [0.717, 1.165) is 6.42 Å². The van der Waals surface area contributed by atoms with Crippen LogP contribution in [0.25, 0.3) is 0 Å². The molecule has 0 spiro atoms. The van der Waals surface area contributed by atoms with Gasteiger partial charge in [0.2, 0.25) is 11.8 Å². The van der Waals surface area contributed by atoms with E-state index in [4.69, 9.17) is 0 Å². The van der Waals surface area contributed by atoms with Gasteiger partial charge in [-0.1, -0.05) is 34.1 Å². The maximum absolute atomic E-state index is 11.8. The lowest BCUT2D eigenvalue weighted by atomic mass is 9.94. The minimum atomic E-state index is -0.284. The molecule has 1 aliphatic rings. The molecule has 1 heterocycles. The number of amides is 2. The highest BCUT2D eigenvalue weighted by molar-refractivity contribution is 5.95. The van der Waals surface area contributed by atoms with Crippen LogP contribution in [-0.2, 0) is 9.59 Å². The van der Waals surface area contributed by atoms with Gasteiger partial charge in [-0.3, -0.25) is 9.59 Å². The molecule has 1 rings (SSSR count). The first-order chi connectivity index (χ1) is 7.47. The van der Waals surface area contributed by atoms with Gasteiger partial charge in [-0.15, -0.1) is 0 Å². The van der Waals surface area contributed by atoms with E-state index in [1.807, 2.05) is 13.8 Å². The summed E-state index contributed by atoms with van der Waals surface area (Å²) in [6.07, 6.45) is 0.903. The van der Waals surface area contributed by atoms with Crippen molar-refractivity contribution in [1.29, 1.82) is 0 Å². The van der Waals surface area contributed by atoms with E-state index < -0.39 is 0 Å². The number of hydrogen-bond donors (Lipinski definition) is 1. The first-order valence-electron chi connectivity index (χ1n) is 6.04. The second-order valence-corrected chi connectivity index (χ2v) is 4.99. The van der Waals surface area contributed by atoms with Gasteiger partial charge in [-0.25, -0.2) is 0 Å². The number of piperazine rings is 1. The quantitative estimate of drug-likeness (QED) is 0.778. The molecule has 1 fully saturated rings. The first kappa shape index (κ1) is 13.0. The SMILES string of the molecule is CCC(C)C1C(=O)NCC(=O)N1CC(C)C. The fourth-order valence-electron chi connectivity index (χ4n) is 2.06. The van der Waals surface area contributed by atoms with Crippen LogP contribution < -0.4 is 5.32 Å². The highest BCUT2D eigenvalue weighted by Gasteiger charge is 2.37. The van der Waals surface area contributed by atoms with Gasteiger partial charge >= 0.3 is 0 Å². The monoisotopic (exact) mass is 226 g/mol. The number of rotatable bonds is 4. The molecule has 0 aliphatic carbocycles. The third kappa shape index (κ3) is 2.74. The molecule has 0 aromatic carbocycles. The van der Waals surface area contributed by atoms with Crippen molar-refractivity contribution in [1.82, 2.24) is 10.2 Å².